The quantitative estimate of drug-likeness (QED) is 0.722. The van der Waals surface area contributed by atoms with Crippen molar-refractivity contribution in [2.75, 3.05) is 11.4 Å². The Labute approximate surface area is 142 Å². The average Bonchev–Trinajstić information content (AvgIpc) is 3.24. The van der Waals surface area contributed by atoms with Crippen LogP contribution in [0.15, 0.2) is 36.5 Å². The van der Waals surface area contributed by atoms with E-state index < -0.39 is 6.04 Å². The Morgan fingerprint density at radius 3 is 2.88 bits per heavy atom. The van der Waals surface area contributed by atoms with Gasteiger partial charge in [-0.15, -0.1) is 10.2 Å². The molecule has 1 aromatic carbocycles. The Balaban J connectivity index is 1.60. The van der Waals surface area contributed by atoms with Gasteiger partial charge in [0.2, 0.25) is 5.82 Å². The van der Waals surface area contributed by atoms with Crippen LogP contribution in [0.1, 0.15) is 18.9 Å². The summed E-state index contributed by atoms with van der Waals surface area (Å²) in [5.74, 6) is 0.419. The van der Waals surface area contributed by atoms with Crippen molar-refractivity contribution in [3.63, 3.8) is 0 Å². The van der Waals surface area contributed by atoms with Crippen LogP contribution in [0.25, 0.3) is 11.4 Å². The lowest BCUT2D eigenvalue weighted by molar-refractivity contribution is -0.123. The standard InChI is InChI=1S/C16H16FN7O/c1-22-9-7-14(19-22)23-8-3-6-13(16(23)25)24-20-15(18-21-24)11-4-2-5-12(17)10-11/h2,4-5,7,9-10,13H,3,6,8H2,1H3. The molecule has 1 aliphatic heterocycles. The minimum absolute atomic E-state index is 0.117. The Kier molecular flexibility index (Phi) is 3.75. The van der Waals surface area contributed by atoms with E-state index in [9.17, 15) is 9.18 Å². The molecule has 9 heteroatoms. The van der Waals surface area contributed by atoms with Crippen molar-refractivity contribution >= 4 is 11.7 Å². The number of aryl methyl sites for hydroxylation is 1. The van der Waals surface area contributed by atoms with E-state index in [0.29, 0.717) is 30.2 Å². The van der Waals surface area contributed by atoms with E-state index in [1.165, 1.54) is 16.9 Å². The summed E-state index contributed by atoms with van der Waals surface area (Å²) in [6.45, 7) is 0.609. The molecule has 3 heterocycles. The minimum atomic E-state index is -0.537. The summed E-state index contributed by atoms with van der Waals surface area (Å²) >= 11 is 0. The third-order valence-electron chi connectivity index (χ3n) is 4.18. The molecule has 0 radical (unpaired) electrons. The summed E-state index contributed by atoms with van der Waals surface area (Å²) in [5, 5.41) is 16.5. The highest BCUT2D eigenvalue weighted by Crippen LogP contribution is 2.26. The molecule has 0 aliphatic carbocycles. The second kappa shape index (κ2) is 6.08. The number of nitrogens with zero attached hydrogens (tertiary/aromatic N) is 7. The zero-order chi connectivity index (χ0) is 17.4. The number of halogens is 1. The molecular weight excluding hydrogens is 325 g/mol. The number of aromatic nitrogens is 6. The van der Waals surface area contributed by atoms with Gasteiger partial charge in [0.25, 0.3) is 5.91 Å². The summed E-state index contributed by atoms with van der Waals surface area (Å²) in [4.78, 5) is 15.8. The highest BCUT2D eigenvalue weighted by molar-refractivity contribution is 5.95. The molecule has 128 valence electrons. The summed E-state index contributed by atoms with van der Waals surface area (Å²) in [6.07, 6.45) is 3.23. The highest BCUT2D eigenvalue weighted by atomic mass is 19.1. The van der Waals surface area contributed by atoms with Gasteiger partial charge in [0.1, 0.15) is 5.82 Å². The maximum atomic E-state index is 13.4. The number of benzene rings is 1. The lowest BCUT2D eigenvalue weighted by Crippen LogP contribution is -2.43. The Bertz CT molecular complexity index is 919. The molecule has 1 atom stereocenters. The van der Waals surface area contributed by atoms with Gasteiger partial charge in [-0.1, -0.05) is 12.1 Å². The van der Waals surface area contributed by atoms with Gasteiger partial charge >= 0.3 is 0 Å². The van der Waals surface area contributed by atoms with Gasteiger partial charge in [-0.05, 0) is 30.2 Å². The van der Waals surface area contributed by atoms with E-state index in [2.05, 4.69) is 20.5 Å². The zero-order valence-electron chi connectivity index (χ0n) is 13.6. The number of hydrogen-bond donors (Lipinski definition) is 0. The number of anilines is 1. The number of piperidine rings is 1. The number of tetrazole rings is 1. The average molecular weight is 341 g/mol. The largest absolute Gasteiger partial charge is 0.293 e. The van der Waals surface area contributed by atoms with Gasteiger partial charge in [0.05, 0.1) is 0 Å². The molecule has 8 nitrogen and oxygen atoms in total. The van der Waals surface area contributed by atoms with Crippen molar-refractivity contribution in [1.82, 2.24) is 30.0 Å². The molecular formula is C16H16FN7O. The topological polar surface area (TPSA) is 81.7 Å². The fraction of sp³-hybridized carbons (Fsp3) is 0.312. The fourth-order valence-corrected chi connectivity index (χ4v) is 2.95. The first-order valence-electron chi connectivity index (χ1n) is 7.98. The van der Waals surface area contributed by atoms with Crippen LogP contribution in [-0.4, -0.2) is 42.4 Å². The number of rotatable bonds is 3. The summed E-state index contributed by atoms with van der Waals surface area (Å²) < 4.78 is 15.0. The first-order valence-corrected chi connectivity index (χ1v) is 7.98. The van der Waals surface area contributed by atoms with E-state index in [4.69, 9.17) is 0 Å². The van der Waals surface area contributed by atoms with Crippen LogP contribution in [0.3, 0.4) is 0 Å². The minimum Gasteiger partial charge on any atom is -0.293 e. The lowest BCUT2D eigenvalue weighted by atomic mass is 10.1. The van der Waals surface area contributed by atoms with Crippen LogP contribution in [0, 0.1) is 5.82 Å². The molecule has 4 rings (SSSR count). The summed E-state index contributed by atoms with van der Waals surface area (Å²) in [6, 6.07) is 7.24. The Morgan fingerprint density at radius 2 is 2.12 bits per heavy atom. The highest BCUT2D eigenvalue weighted by Gasteiger charge is 2.33. The van der Waals surface area contributed by atoms with Crippen LogP contribution in [0.5, 0.6) is 0 Å². The Morgan fingerprint density at radius 1 is 1.24 bits per heavy atom. The molecule has 25 heavy (non-hydrogen) atoms. The maximum Gasteiger partial charge on any atom is 0.255 e. The van der Waals surface area contributed by atoms with Crippen molar-refractivity contribution < 1.29 is 9.18 Å². The molecule has 1 fully saturated rings. The van der Waals surface area contributed by atoms with E-state index in [1.807, 2.05) is 0 Å². The normalized spacial score (nSPS) is 17.9. The van der Waals surface area contributed by atoms with E-state index in [0.717, 1.165) is 6.42 Å². The van der Waals surface area contributed by atoms with Gasteiger partial charge in [0, 0.05) is 31.4 Å². The van der Waals surface area contributed by atoms with Crippen LogP contribution in [-0.2, 0) is 11.8 Å². The van der Waals surface area contributed by atoms with Crippen LogP contribution in [0.4, 0.5) is 10.2 Å². The predicted molar refractivity (Wildman–Crippen MR) is 87.0 cm³/mol. The molecule has 0 bridgehead atoms. The monoisotopic (exact) mass is 341 g/mol. The van der Waals surface area contributed by atoms with Gasteiger partial charge < -0.3 is 0 Å². The summed E-state index contributed by atoms with van der Waals surface area (Å²) in [7, 11) is 1.81. The third-order valence-corrected chi connectivity index (χ3v) is 4.18. The number of amides is 1. The zero-order valence-corrected chi connectivity index (χ0v) is 13.6. The van der Waals surface area contributed by atoms with Gasteiger partial charge in [0.15, 0.2) is 11.9 Å². The van der Waals surface area contributed by atoms with Crippen LogP contribution >= 0.6 is 0 Å². The molecule has 0 spiro atoms. The van der Waals surface area contributed by atoms with Crippen molar-refractivity contribution in [1.29, 1.82) is 0 Å². The predicted octanol–water partition coefficient (Wildman–Crippen LogP) is 1.58. The summed E-state index contributed by atoms with van der Waals surface area (Å²) in [5.41, 5.74) is 0.524. The lowest BCUT2D eigenvalue weighted by Gasteiger charge is -2.29. The van der Waals surface area contributed by atoms with Gasteiger partial charge in [-0.3, -0.25) is 14.4 Å². The number of carbonyl (C=O) groups excluding carboxylic acids is 1. The van der Waals surface area contributed by atoms with Crippen molar-refractivity contribution in [2.45, 2.75) is 18.9 Å². The third kappa shape index (κ3) is 2.88. The van der Waals surface area contributed by atoms with Crippen LogP contribution in [0.2, 0.25) is 0 Å². The van der Waals surface area contributed by atoms with E-state index in [-0.39, 0.29) is 11.7 Å². The first kappa shape index (κ1) is 15.4. The SMILES string of the molecule is Cn1ccc(N2CCCC(n3nnc(-c4cccc(F)c4)n3)C2=O)n1. The molecule has 3 aromatic rings. The first-order chi connectivity index (χ1) is 12.1. The molecule has 2 aromatic heterocycles. The van der Waals surface area contributed by atoms with Crippen molar-refractivity contribution in [3.8, 4) is 11.4 Å². The number of carbonyl (C=O) groups is 1. The molecule has 0 saturated carbocycles. The number of hydrogen-bond acceptors (Lipinski definition) is 5. The maximum absolute atomic E-state index is 13.4. The Hall–Kier alpha value is -3.10. The molecule has 1 unspecified atom stereocenters. The second-order valence-corrected chi connectivity index (χ2v) is 5.94. The van der Waals surface area contributed by atoms with E-state index in [1.54, 1.807) is 41.0 Å². The fourth-order valence-electron chi connectivity index (χ4n) is 2.95. The van der Waals surface area contributed by atoms with Crippen LogP contribution < -0.4 is 4.90 Å². The van der Waals surface area contributed by atoms with E-state index >= 15 is 0 Å². The molecule has 0 N–H and O–H groups in total. The molecule has 1 saturated heterocycles. The van der Waals surface area contributed by atoms with Gasteiger partial charge in [-0.25, -0.2) is 4.39 Å². The van der Waals surface area contributed by atoms with Crippen molar-refractivity contribution in [2.24, 2.45) is 7.05 Å². The molecule has 1 aliphatic rings. The second-order valence-electron chi connectivity index (χ2n) is 5.94. The van der Waals surface area contributed by atoms with Crippen molar-refractivity contribution in [3.05, 3.63) is 42.3 Å². The molecule has 1 amide bonds. The van der Waals surface area contributed by atoms with Gasteiger partial charge in [-0.2, -0.15) is 9.90 Å². The smallest absolute Gasteiger partial charge is 0.255 e.